The van der Waals surface area contributed by atoms with Crippen LogP contribution in [0.25, 0.3) is 11.4 Å². The highest BCUT2D eigenvalue weighted by atomic mass is 16.6. The molecule has 1 heterocycles. The van der Waals surface area contributed by atoms with Crippen molar-refractivity contribution < 1.29 is 15.3 Å². The number of oxime groups is 1. The van der Waals surface area contributed by atoms with Gasteiger partial charge < -0.3 is 10.4 Å². The van der Waals surface area contributed by atoms with Crippen molar-refractivity contribution in [2.75, 3.05) is 0 Å². The maximum absolute atomic E-state index is 10.6. The number of hydrogen-bond acceptors (Lipinski definition) is 6. The average molecular weight is 288 g/mol. The van der Waals surface area contributed by atoms with Gasteiger partial charge in [0.1, 0.15) is 11.4 Å². The van der Waals surface area contributed by atoms with Crippen LogP contribution in [-0.2, 0) is 6.42 Å². The van der Waals surface area contributed by atoms with Gasteiger partial charge in [0.25, 0.3) is 5.69 Å². The minimum atomic E-state index is -0.489. The Morgan fingerprint density at radius 2 is 2.00 bits per heavy atom. The molecule has 0 amide bonds. The second-order valence-electron chi connectivity index (χ2n) is 4.75. The van der Waals surface area contributed by atoms with Gasteiger partial charge in [0.2, 0.25) is 0 Å². The van der Waals surface area contributed by atoms with Gasteiger partial charge in [0, 0.05) is 17.7 Å². The Hall–Kier alpha value is -2.90. The van der Waals surface area contributed by atoms with E-state index in [2.05, 4.69) is 10.1 Å². The molecular formula is C13H12N4O4. The van der Waals surface area contributed by atoms with E-state index in [4.69, 9.17) is 5.21 Å². The van der Waals surface area contributed by atoms with Gasteiger partial charge in [-0.1, -0.05) is 5.16 Å². The summed E-state index contributed by atoms with van der Waals surface area (Å²) in [5, 5.41) is 33.1. The summed E-state index contributed by atoms with van der Waals surface area (Å²) in [6, 6.07) is 5.75. The fourth-order valence-electron chi connectivity index (χ4n) is 2.46. The molecule has 1 aliphatic carbocycles. The summed E-state index contributed by atoms with van der Waals surface area (Å²) in [6.07, 6.45) is 1.99. The van der Waals surface area contributed by atoms with Gasteiger partial charge in [-0.3, -0.25) is 10.1 Å². The lowest BCUT2D eigenvalue weighted by molar-refractivity contribution is -0.384. The Balaban J connectivity index is 2.07. The average Bonchev–Trinajstić information content (AvgIpc) is 2.85. The fourth-order valence-corrected chi connectivity index (χ4v) is 2.46. The van der Waals surface area contributed by atoms with Crippen LogP contribution in [-0.4, -0.2) is 30.8 Å². The minimum Gasteiger partial charge on any atom is -0.427 e. The first kappa shape index (κ1) is 13.1. The molecule has 8 nitrogen and oxygen atoms in total. The van der Waals surface area contributed by atoms with Crippen molar-refractivity contribution in [1.29, 1.82) is 0 Å². The number of non-ortho nitro benzene ring substituents is 1. The van der Waals surface area contributed by atoms with Crippen LogP contribution < -0.4 is 0 Å². The van der Waals surface area contributed by atoms with E-state index in [1.807, 2.05) is 0 Å². The molecular weight excluding hydrogens is 276 g/mol. The van der Waals surface area contributed by atoms with Crippen molar-refractivity contribution in [2.24, 2.45) is 5.16 Å². The van der Waals surface area contributed by atoms with Crippen LogP contribution in [0.1, 0.15) is 24.2 Å². The molecule has 0 aliphatic heterocycles. The van der Waals surface area contributed by atoms with Crippen LogP contribution in [0.15, 0.2) is 29.4 Å². The molecule has 21 heavy (non-hydrogen) atoms. The Labute approximate surface area is 119 Å². The highest BCUT2D eigenvalue weighted by Crippen LogP contribution is 2.28. The highest BCUT2D eigenvalue weighted by molar-refractivity contribution is 6.00. The predicted molar refractivity (Wildman–Crippen MR) is 72.8 cm³/mol. The molecule has 0 atom stereocenters. The Kier molecular flexibility index (Phi) is 3.05. The number of benzene rings is 1. The molecule has 2 aromatic rings. The molecule has 0 spiro atoms. The molecule has 3 rings (SSSR count). The van der Waals surface area contributed by atoms with Gasteiger partial charge in [-0.15, -0.1) is 0 Å². The first-order valence-corrected chi connectivity index (χ1v) is 6.39. The maximum atomic E-state index is 10.6. The molecule has 0 saturated carbocycles. The number of imidazole rings is 1. The van der Waals surface area contributed by atoms with Crippen molar-refractivity contribution in [3.05, 3.63) is 45.8 Å². The highest BCUT2D eigenvalue weighted by Gasteiger charge is 2.25. The summed E-state index contributed by atoms with van der Waals surface area (Å²) in [7, 11) is 0. The minimum absolute atomic E-state index is 0.0304. The number of nitro benzene ring substituents is 1. The standard InChI is InChI=1S/C13H12N4O4/c18-15-10-2-1-3-11-12(10)14-13(16(11)19)8-4-6-9(7-5-8)17(20)21/h4-7,18-19H,1-3H2. The lowest BCUT2D eigenvalue weighted by atomic mass is 9.99. The van der Waals surface area contributed by atoms with E-state index < -0.39 is 4.92 Å². The van der Waals surface area contributed by atoms with Crippen LogP contribution in [0, 0.1) is 10.1 Å². The summed E-state index contributed by atoms with van der Waals surface area (Å²) >= 11 is 0. The van der Waals surface area contributed by atoms with Crippen LogP contribution in [0.4, 0.5) is 5.69 Å². The smallest absolute Gasteiger partial charge is 0.269 e. The molecule has 1 aromatic heterocycles. The van der Waals surface area contributed by atoms with E-state index in [0.29, 0.717) is 35.5 Å². The van der Waals surface area contributed by atoms with Gasteiger partial charge in [-0.25, -0.2) is 4.98 Å². The molecule has 0 radical (unpaired) electrons. The predicted octanol–water partition coefficient (Wildman–Crippen LogP) is 2.21. The molecule has 0 fully saturated rings. The van der Waals surface area contributed by atoms with Gasteiger partial charge in [0.15, 0.2) is 5.82 Å². The second-order valence-corrected chi connectivity index (χ2v) is 4.75. The largest absolute Gasteiger partial charge is 0.427 e. The van der Waals surface area contributed by atoms with Crippen molar-refractivity contribution in [3.8, 4) is 11.4 Å². The van der Waals surface area contributed by atoms with E-state index in [1.165, 1.54) is 24.3 Å². The molecule has 1 aliphatic rings. The van der Waals surface area contributed by atoms with Crippen LogP contribution >= 0.6 is 0 Å². The molecule has 108 valence electrons. The number of fused-ring (bicyclic) bond motifs is 1. The Morgan fingerprint density at radius 1 is 1.29 bits per heavy atom. The molecule has 1 aromatic carbocycles. The van der Waals surface area contributed by atoms with Crippen molar-refractivity contribution >= 4 is 11.4 Å². The van der Waals surface area contributed by atoms with Crippen LogP contribution in [0.5, 0.6) is 0 Å². The third kappa shape index (κ3) is 2.10. The second kappa shape index (κ2) is 4.89. The van der Waals surface area contributed by atoms with Gasteiger partial charge >= 0.3 is 0 Å². The first-order chi connectivity index (χ1) is 10.1. The quantitative estimate of drug-likeness (QED) is 0.380. The lowest BCUT2D eigenvalue weighted by Gasteiger charge is -2.11. The van der Waals surface area contributed by atoms with Crippen molar-refractivity contribution in [2.45, 2.75) is 19.3 Å². The van der Waals surface area contributed by atoms with Gasteiger partial charge in [-0.05, 0) is 31.4 Å². The topological polar surface area (TPSA) is 114 Å². The Bertz CT molecular complexity index is 733. The molecule has 0 saturated heterocycles. The summed E-state index contributed by atoms with van der Waals surface area (Å²) in [5.74, 6) is 0.276. The summed E-state index contributed by atoms with van der Waals surface area (Å²) < 4.78 is 0.959. The van der Waals surface area contributed by atoms with E-state index in [0.717, 1.165) is 11.2 Å². The van der Waals surface area contributed by atoms with Crippen LogP contribution in [0.3, 0.4) is 0 Å². The Morgan fingerprint density at radius 3 is 2.62 bits per heavy atom. The first-order valence-electron chi connectivity index (χ1n) is 6.39. The van der Waals surface area contributed by atoms with Gasteiger partial charge in [0.05, 0.1) is 10.6 Å². The molecule has 2 N–H and O–H groups in total. The summed E-state index contributed by atoms with van der Waals surface area (Å²) in [4.78, 5) is 14.5. The van der Waals surface area contributed by atoms with Gasteiger partial charge in [-0.2, -0.15) is 4.73 Å². The summed E-state index contributed by atoms with van der Waals surface area (Å²) in [6.45, 7) is 0. The lowest BCUT2D eigenvalue weighted by Crippen LogP contribution is -2.13. The maximum Gasteiger partial charge on any atom is 0.269 e. The molecule has 8 heteroatoms. The number of rotatable bonds is 2. The van der Waals surface area contributed by atoms with Crippen LogP contribution in [0.2, 0.25) is 0 Å². The monoisotopic (exact) mass is 288 g/mol. The fraction of sp³-hybridized carbons (Fsp3) is 0.231. The van der Waals surface area contributed by atoms with Crippen molar-refractivity contribution in [1.82, 2.24) is 9.71 Å². The number of aromatic nitrogens is 2. The van der Waals surface area contributed by atoms with E-state index >= 15 is 0 Å². The normalized spacial score (nSPS) is 15.9. The zero-order valence-corrected chi connectivity index (χ0v) is 10.9. The third-order valence-corrected chi connectivity index (χ3v) is 3.50. The van der Waals surface area contributed by atoms with Crippen molar-refractivity contribution in [3.63, 3.8) is 0 Å². The molecule has 0 bridgehead atoms. The number of nitro groups is 1. The zero-order chi connectivity index (χ0) is 15.0. The van der Waals surface area contributed by atoms with E-state index in [1.54, 1.807) is 0 Å². The summed E-state index contributed by atoms with van der Waals surface area (Å²) in [5.41, 5.74) is 2.01. The zero-order valence-electron chi connectivity index (χ0n) is 10.9. The number of hydrogen-bond donors (Lipinski definition) is 2. The van der Waals surface area contributed by atoms with E-state index in [-0.39, 0.29) is 11.5 Å². The number of nitrogens with zero attached hydrogens (tertiary/aromatic N) is 4. The SMILES string of the molecule is O=[N+]([O-])c1ccc(-c2nc3c(n2O)CCCC3=NO)cc1. The third-order valence-electron chi connectivity index (χ3n) is 3.50. The molecule has 0 unspecified atom stereocenters. The van der Waals surface area contributed by atoms with E-state index in [9.17, 15) is 15.3 Å².